The molecule has 2 aromatic carbocycles. The van der Waals surface area contributed by atoms with Crippen LogP contribution >= 0.6 is 12.4 Å². The molecule has 0 bridgehead atoms. The number of benzene rings is 2. The van der Waals surface area contributed by atoms with Crippen molar-refractivity contribution in [3.8, 4) is 5.75 Å². The molecule has 2 atom stereocenters. The van der Waals surface area contributed by atoms with E-state index in [0.29, 0.717) is 18.6 Å². The molecule has 0 spiro atoms. The van der Waals surface area contributed by atoms with Gasteiger partial charge in [0.2, 0.25) is 5.91 Å². The zero-order valence-electron chi connectivity index (χ0n) is 16.9. The predicted octanol–water partition coefficient (Wildman–Crippen LogP) is 4.10. The van der Waals surface area contributed by atoms with Crippen molar-refractivity contribution in [1.82, 2.24) is 4.90 Å². The second-order valence-electron chi connectivity index (χ2n) is 8.07. The van der Waals surface area contributed by atoms with Crippen LogP contribution in [0.1, 0.15) is 48.3 Å². The fraction of sp³-hybridized carbons (Fsp3) is 0.458. The van der Waals surface area contributed by atoms with Gasteiger partial charge in [0.15, 0.2) is 0 Å². The molecule has 5 heteroatoms. The molecule has 2 N–H and O–H groups in total. The van der Waals surface area contributed by atoms with Crippen molar-refractivity contribution in [2.75, 3.05) is 19.7 Å². The van der Waals surface area contributed by atoms with E-state index in [0.717, 1.165) is 18.6 Å². The topological polar surface area (TPSA) is 55.6 Å². The lowest BCUT2D eigenvalue weighted by molar-refractivity contribution is -0.118. The maximum absolute atomic E-state index is 11.0. The van der Waals surface area contributed by atoms with Gasteiger partial charge in [-0.25, -0.2) is 0 Å². The Bertz CT molecular complexity index is 806. The fourth-order valence-corrected chi connectivity index (χ4v) is 4.84. The first kappa shape index (κ1) is 21.7. The normalized spacial score (nSPS) is 21.2. The average molecular weight is 415 g/mol. The Labute approximate surface area is 179 Å². The average Bonchev–Trinajstić information content (AvgIpc) is 3.23. The van der Waals surface area contributed by atoms with Crippen LogP contribution in [0, 0.1) is 0 Å². The molecule has 1 heterocycles. The molecule has 0 aromatic heterocycles. The summed E-state index contributed by atoms with van der Waals surface area (Å²) < 4.78 is 5.83. The number of fused-ring (bicyclic) bond motifs is 1. The molecule has 2 unspecified atom stereocenters. The van der Waals surface area contributed by atoms with E-state index in [2.05, 4.69) is 47.4 Å². The molecular formula is C24H31ClN2O2. The predicted molar refractivity (Wildman–Crippen MR) is 119 cm³/mol. The van der Waals surface area contributed by atoms with Gasteiger partial charge >= 0.3 is 0 Å². The van der Waals surface area contributed by atoms with E-state index >= 15 is 0 Å². The van der Waals surface area contributed by atoms with Crippen molar-refractivity contribution in [3.05, 3.63) is 65.2 Å². The van der Waals surface area contributed by atoms with Gasteiger partial charge in [0.1, 0.15) is 5.75 Å². The molecule has 4 nitrogen and oxygen atoms in total. The zero-order valence-corrected chi connectivity index (χ0v) is 17.7. The van der Waals surface area contributed by atoms with Gasteiger partial charge in [0.05, 0.1) is 13.0 Å². The fourth-order valence-electron chi connectivity index (χ4n) is 4.84. The van der Waals surface area contributed by atoms with E-state index in [4.69, 9.17) is 10.5 Å². The van der Waals surface area contributed by atoms with Crippen LogP contribution in [0.15, 0.2) is 48.5 Å². The number of aryl methyl sites for hydroxylation is 1. The first-order chi connectivity index (χ1) is 13.7. The largest absolute Gasteiger partial charge is 0.493 e. The first-order valence-corrected chi connectivity index (χ1v) is 10.5. The van der Waals surface area contributed by atoms with Crippen LogP contribution in [-0.4, -0.2) is 36.5 Å². The summed E-state index contributed by atoms with van der Waals surface area (Å²) in [5.74, 6) is 0.998. The smallest absolute Gasteiger partial charge is 0.220 e. The minimum absolute atomic E-state index is 0. The Kier molecular flexibility index (Phi) is 7.57. The molecule has 1 saturated heterocycles. The highest BCUT2D eigenvalue weighted by Crippen LogP contribution is 2.39. The molecule has 0 saturated carbocycles. The van der Waals surface area contributed by atoms with Crippen molar-refractivity contribution in [2.45, 2.75) is 50.5 Å². The number of carbonyl (C=O) groups is 1. The minimum atomic E-state index is -0.325. The van der Waals surface area contributed by atoms with Crippen LogP contribution in [0.3, 0.4) is 0 Å². The number of nitrogens with zero attached hydrogens (tertiary/aromatic N) is 1. The number of rotatable bonds is 7. The summed E-state index contributed by atoms with van der Waals surface area (Å²) in [7, 11) is 0. The summed E-state index contributed by atoms with van der Waals surface area (Å²) in [6, 6.07) is 17.9. The summed E-state index contributed by atoms with van der Waals surface area (Å²) in [6.07, 6.45) is 6.30. The van der Waals surface area contributed by atoms with E-state index in [1.54, 1.807) is 0 Å². The number of primary amides is 1. The highest BCUT2D eigenvalue weighted by Gasteiger charge is 2.34. The standard InChI is InChI=1S/C24H30N2O2.ClH/c25-24(27)12-15-28-20-10-8-19-9-11-23(26-13-4-5-14-26)22(21(19)17-20)16-18-6-2-1-3-7-18;/h1-3,6-8,10,17,22-23H,4-5,9,11-16H2,(H2,25,27);1H. The SMILES string of the molecule is Cl.NC(=O)CCOc1ccc2c(c1)C(Cc1ccccc1)C(N1CCCC1)CC2. The molecule has 2 aromatic rings. The van der Waals surface area contributed by atoms with Crippen molar-refractivity contribution in [2.24, 2.45) is 5.73 Å². The lowest BCUT2D eigenvalue weighted by Gasteiger charge is -2.39. The van der Waals surface area contributed by atoms with E-state index < -0.39 is 0 Å². The van der Waals surface area contributed by atoms with Gasteiger partial charge in [0, 0.05) is 12.0 Å². The summed E-state index contributed by atoms with van der Waals surface area (Å²) in [6.45, 7) is 2.78. The number of hydrogen-bond donors (Lipinski definition) is 1. The summed E-state index contributed by atoms with van der Waals surface area (Å²) >= 11 is 0. The van der Waals surface area contributed by atoms with Crippen molar-refractivity contribution >= 4 is 18.3 Å². The Morgan fingerprint density at radius 1 is 1.10 bits per heavy atom. The zero-order chi connectivity index (χ0) is 19.3. The monoisotopic (exact) mass is 414 g/mol. The third kappa shape index (κ3) is 5.31. The lowest BCUT2D eigenvalue weighted by atomic mass is 9.75. The number of ether oxygens (including phenoxy) is 1. The number of hydrogen-bond acceptors (Lipinski definition) is 3. The third-order valence-corrected chi connectivity index (χ3v) is 6.22. The molecule has 4 rings (SSSR count). The van der Waals surface area contributed by atoms with Gasteiger partial charge in [-0.3, -0.25) is 9.69 Å². The first-order valence-electron chi connectivity index (χ1n) is 10.5. The van der Waals surface area contributed by atoms with Crippen LogP contribution in [-0.2, 0) is 17.6 Å². The molecule has 0 radical (unpaired) electrons. The highest BCUT2D eigenvalue weighted by molar-refractivity contribution is 5.85. The van der Waals surface area contributed by atoms with Crippen LogP contribution < -0.4 is 10.5 Å². The van der Waals surface area contributed by atoms with Gasteiger partial charge in [-0.1, -0.05) is 36.4 Å². The van der Waals surface area contributed by atoms with Crippen LogP contribution in [0.4, 0.5) is 0 Å². The Morgan fingerprint density at radius 3 is 2.59 bits per heavy atom. The molecule has 1 fully saturated rings. The molecule has 1 aliphatic carbocycles. The minimum Gasteiger partial charge on any atom is -0.493 e. The Balaban J connectivity index is 0.00000240. The van der Waals surface area contributed by atoms with E-state index in [1.165, 1.54) is 49.0 Å². The van der Waals surface area contributed by atoms with Gasteiger partial charge in [0.25, 0.3) is 0 Å². The highest BCUT2D eigenvalue weighted by atomic mass is 35.5. The van der Waals surface area contributed by atoms with Crippen molar-refractivity contribution in [1.29, 1.82) is 0 Å². The van der Waals surface area contributed by atoms with Crippen molar-refractivity contribution in [3.63, 3.8) is 0 Å². The number of nitrogens with two attached hydrogens (primary N) is 1. The summed E-state index contributed by atoms with van der Waals surface area (Å²) in [5.41, 5.74) is 9.50. The Hall–Kier alpha value is -2.04. The van der Waals surface area contributed by atoms with Gasteiger partial charge in [-0.05, 0) is 74.0 Å². The van der Waals surface area contributed by atoms with E-state index in [-0.39, 0.29) is 24.7 Å². The van der Waals surface area contributed by atoms with Crippen LogP contribution in [0.25, 0.3) is 0 Å². The maximum atomic E-state index is 11.0. The second kappa shape index (κ2) is 10.1. The molecular weight excluding hydrogens is 384 g/mol. The Morgan fingerprint density at radius 2 is 1.86 bits per heavy atom. The maximum Gasteiger partial charge on any atom is 0.220 e. The van der Waals surface area contributed by atoms with Gasteiger partial charge in [-0.2, -0.15) is 0 Å². The quantitative estimate of drug-likeness (QED) is 0.742. The number of halogens is 1. The summed E-state index contributed by atoms with van der Waals surface area (Å²) in [5, 5.41) is 0. The molecule has 1 aliphatic heterocycles. The van der Waals surface area contributed by atoms with Gasteiger partial charge < -0.3 is 10.5 Å². The molecule has 2 aliphatic rings. The van der Waals surface area contributed by atoms with Crippen LogP contribution in [0.5, 0.6) is 5.75 Å². The van der Waals surface area contributed by atoms with Crippen LogP contribution in [0.2, 0.25) is 0 Å². The number of carbonyl (C=O) groups excluding carboxylic acids is 1. The second-order valence-corrected chi connectivity index (χ2v) is 8.07. The van der Waals surface area contributed by atoms with Crippen molar-refractivity contribution < 1.29 is 9.53 Å². The van der Waals surface area contributed by atoms with Gasteiger partial charge in [-0.15, -0.1) is 12.4 Å². The van der Waals surface area contributed by atoms with E-state index in [1.807, 2.05) is 6.07 Å². The summed E-state index contributed by atoms with van der Waals surface area (Å²) in [4.78, 5) is 13.7. The molecule has 156 valence electrons. The molecule has 29 heavy (non-hydrogen) atoms. The molecule has 1 amide bonds. The number of likely N-dealkylation sites (tertiary alicyclic amines) is 1. The number of amides is 1. The van der Waals surface area contributed by atoms with E-state index in [9.17, 15) is 4.79 Å². The lowest BCUT2D eigenvalue weighted by Crippen LogP contribution is -2.41. The third-order valence-electron chi connectivity index (χ3n) is 6.22.